The standard InChI is InChI=1S/C20H19FN6O2/c1-12-8-9-13(10-14(12)21)22-17(28)11-26-20(29)27-16-7-5-4-6-15(16)23-18(25(2)3)19(27)24-26/h4-10H,11H2,1-3H3,(H,22,28). The van der Waals surface area contributed by atoms with Gasteiger partial charge in [0.1, 0.15) is 12.4 Å². The topological polar surface area (TPSA) is 84.5 Å². The van der Waals surface area contributed by atoms with Crippen molar-refractivity contribution in [3.63, 3.8) is 0 Å². The van der Waals surface area contributed by atoms with E-state index < -0.39 is 17.4 Å². The molecule has 0 fully saturated rings. The van der Waals surface area contributed by atoms with Gasteiger partial charge in [-0.25, -0.2) is 23.3 Å². The monoisotopic (exact) mass is 394 g/mol. The molecule has 0 saturated carbocycles. The van der Waals surface area contributed by atoms with Crippen LogP contribution < -0.4 is 15.9 Å². The Hall–Kier alpha value is -3.75. The number of carbonyl (C=O) groups excluding carboxylic acids is 1. The first-order valence-electron chi connectivity index (χ1n) is 8.97. The lowest BCUT2D eigenvalue weighted by Gasteiger charge is -2.12. The molecular weight excluding hydrogens is 375 g/mol. The number of halogens is 1. The molecule has 2 aromatic carbocycles. The number of nitrogens with one attached hydrogen (secondary N) is 1. The molecule has 0 spiro atoms. The van der Waals surface area contributed by atoms with Crippen LogP contribution in [0.3, 0.4) is 0 Å². The summed E-state index contributed by atoms with van der Waals surface area (Å²) in [4.78, 5) is 31.7. The molecule has 0 radical (unpaired) electrons. The molecule has 0 aliphatic carbocycles. The molecule has 0 bridgehead atoms. The fraction of sp³-hybridized carbons (Fsp3) is 0.200. The van der Waals surface area contributed by atoms with Crippen molar-refractivity contribution in [2.24, 2.45) is 0 Å². The van der Waals surface area contributed by atoms with Gasteiger partial charge in [0.2, 0.25) is 11.6 Å². The molecule has 0 saturated heterocycles. The summed E-state index contributed by atoms with van der Waals surface area (Å²) in [6.07, 6.45) is 0. The molecule has 29 heavy (non-hydrogen) atoms. The van der Waals surface area contributed by atoms with Gasteiger partial charge in [-0.2, -0.15) is 0 Å². The molecule has 148 valence electrons. The summed E-state index contributed by atoms with van der Waals surface area (Å²) < 4.78 is 16.2. The van der Waals surface area contributed by atoms with Crippen LogP contribution in [0.5, 0.6) is 0 Å². The molecule has 0 aliphatic rings. The predicted octanol–water partition coefficient (Wildman–Crippen LogP) is 2.20. The van der Waals surface area contributed by atoms with Crippen molar-refractivity contribution < 1.29 is 9.18 Å². The van der Waals surface area contributed by atoms with Crippen molar-refractivity contribution in [1.82, 2.24) is 19.2 Å². The number of hydrogen-bond donors (Lipinski definition) is 1. The van der Waals surface area contributed by atoms with Crippen LogP contribution in [0.15, 0.2) is 47.3 Å². The Balaban J connectivity index is 1.74. The van der Waals surface area contributed by atoms with Gasteiger partial charge in [-0.3, -0.25) is 4.79 Å². The summed E-state index contributed by atoms with van der Waals surface area (Å²) in [7, 11) is 3.61. The molecular formula is C20H19FN6O2. The fourth-order valence-corrected chi connectivity index (χ4v) is 3.09. The van der Waals surface area contributed by atoms with Crippen molar-refractivity contribution in [1.29, 1.82) is 0 Å². The van der Waals surface area contributed by atoms with E-state index in [-0.39, 0.29) is 6.54 Å². The smallest absolute Gasteiger partial charge is 0.351 e. The van der Waals surface area contributed by atoms with E-state index in [0.717, 1.165) is 4.68 Å². The molecule has 0 aliphatic heterocycles. The zero-order valence-electron chi connectivity index (χ0n) is 16.2. The minimum Gasteiger partial charge on any atom is -0.360 e. The summed E-state index contributed by atoms with van der Waals surface area (Å²) in [5.41, 5.74) is 1.95. The SMILES string of the molecule is Cc1ccc(NC(=O)Cn2nc3c(N(C)C)nc4ccccc4n3c2=O)cc1F. The van der Waals surface area contributed by atoms with Crippen LogP contribution in [0.25, 0.3) is 16.7 Å². The lowest BCUT2D eigenvalue weighted by Crippen LogP contribution is -2.28. The van der Waals surface area contributed by atoms with Gasteiger partial charge >= 0.3 is 5.69 Å². The summed E-state index contributed by atoms with van der Waals surface area (Å²) in [6, 6.07) is 11.6. The van der Waals surface area contributed by atoms with E-state index in [1.54, 1.807) is 50.2 Å². The van der Waals surface area contributed by atoms with Crippen molar-refractivity contribution in [3.8, 4) is 0 Å². The number of anilines is 2. The van der Waals surface area contributed by atoms with Gasteiger partial charge in [-0.15, -0.1) is 5.10 Å². The van der Waals surface area contributed by atoms with Crippen LogP contribution in [-0.2, 0) is 11.3 Å². The van der Waals surface area contributed by atoms with Crippen molar-refractivity contribution in [2.45, 2.75) is 13.5 Å². The highest BCUT2D eigenvalue weighted by Crippen LogP contribution is 2.20. The number of aromatic nitrogens is 4. The van der Waals surface area contributed by atoms with Crippen LogP contribution in [0.2, 0.25) is 0 Å². The predicted molar refractivity (Wildman–Crippen MR) is 109 cm³/mol. The van der Waals surface area contributed by atoms with Gasteiger partial charge < -0.3 is 10.2 Å². The van der Waals surface area contributed by atoms with Gasteiger partial charge in [0, 0.05) is 19.8 Å². The molecule has 0 atom stereocenters. The third-order valence-electron chi connectivity index (χ3n) is 4.56. The largest absolute Gasteiger partial charge is 0.360 e. The van der Waals surface area contributed by atoms with E-state index in [1.807, 2.05) is 12.1 Å². The second-order valence-electron chi connectivity index (χ2n) is 6.93. The number of carbonyl (C=O) groups is 1. The van der Waals surface area contributed by atoms with Gasteiger partial charge in [0.15, 0.2) is 5.82 Å². The normalized spacial score (nSPS) is 11.2. The first kappa shape index (κ1) is 18.6. The third kappa shape index (κ3) is 3.31. The molecule has 2 heterocycles. The number of nitrogens with zero attached hydrogens (tertiary/aromatic N) is 5. The fourth-order valence-electron chi connectivity index (χ4n) is 3.09. The maximum atomic E-state index is 13.7. The highest BCUT2D eigenvalue weighted by molar-refractivity contribution is 5.90. The van der Waals surface area contributed by atoms with E-state index in [9.17, 15) is 14.0 Å². The Morgan fingerprint density at radius 1 is 1.21 bits per heavy atom. The Labute approximate surface area is 165 Å². The minimum absolute atomic E-state index is 0.308. The van der Waals surface area contributed by atoms with Crippen LogP contribution in [0.4, 0.5) is 15.9 Å². The first-order valence-corrected chi connectivity index (χ1v) is 8.97. The average molecular weight is 394 g/mol. The van der Waals surface area contributed by atoms with E-state index in [0.29, 0.717) is 33.7 Å². The zero-order chi connectivity index (χ0) is 20.7. The number of para-hydroxylation sites is 2. The summed E-state index contributed by atoms with van der Waals surface area (Å²) >= 11 is 0. The average Bonchev–Trinajstić information content (AvgIpc) is 3.00. The number of hydrogen-bond acceptors (Lipinski definition) is 5. The van der Waals surface area contributed by atoms with Gasteiger partial charge in [-0.1, -0.05) is 18.2 Å². The quantitative estimate of drug-likeness (QED) is 0.574. The summed E-state index contributed by atoms with van der Waals surface area (Å²) in [6.45, 7) is 1.33. The number of rotatable bonds is 4. The Morgan fingerprint density at radius 2 is 1.97 bits per heavy atom. The van der Waals surface area contributed by atoms with Crippen LogP contribution in [-0.4, -0.2) is 39.2 Å². The molecule has 8 nitrogen and oxygen atoms in total. The summed E-state index contributed by atoms with van der Waals surface area (Å²) in [5, 5.41) is 6.92. The van der Waals surface area contributed by atoms with Crippen LogP contribution in [0.1, 0.15) is 5.56 Å². The second kappa shape index (κ2) is 7.01. The molecule has 4 aromatic rings. The van der Waals surface area contributed by atoms with Gasteiger partial charge in [-0.05, 0) is 36.8 Å². The molecule has 2 aromatic heterocycles. The maximum absolute atomic E-state index is 13.7. The van der Waals surface area contributed by atoms with Gasteiger partial charge in [0.05, 0.1) is 11.0 Å². The molecule has 1 amide bonds. The minimum atomic E-state index is -0.484. The lowest BCUT2D eigenvalue weighted by molar-refractivity contribution is -0.117. The van der Waals surface area contributed by atoms with E-state index >= 15 is 0 Å². The zero-order valence-corrected chi connectivity index (χ0v) is 16.2. The van der Waals surface area contributed by atoms with E-state index in [4.69, 9.17) is 0 Å². The second-order valence-corrected chi connectivity index (χ2v) is 6.93. The van der Waals surface area contributed by atoms with Gasteiger partial charge in [0.25, 0.3) is 0 Å². The number of aryl methyl sites for hydroxylation is 1. The Kier molecular flexibility index (Phi) is 4.50. The van der Waals surface area contributed by atoms with Crippen molar-refractivity contribution in [3.05, 3.63) is 64.3 Å². The molecule has 0 unspecified atom stereocenters. The number of fused-ring (bicyclic) bond motifs is 3. The molecule has 4 rings (SSSR count). The van der Waals surface area contributed by atoms with Crippen LogP contribution >= 0.6 is 0 Å². The van der Waals surface area contributed by atoms with Crippen LogP contribution in [0, 0.1) is 12.7 Å². The summed E-state index contributed by atoms with van der Waals surface area (Å²) in [5.74, 6) is -0.385. The molecule has 1 N–H and O–H groups in total. The number of amides is 1. The van der Waals surface area contributed by atoms with Crippen molar-refractivity contribution >= 4 is 34.1 Å². The highest BCUT2D eigenvalue weighted by Gasteiger charge is 2.18. The highest BCUT2D eigenvalue weighted by atomic mass is 19.1. The maximum Gasteiger partial charge on any atom is 0.351 e. The Morgan fingerprint density at radius 3 is 2.69 bits per heavy atom. The third-order valence-corrected chi connectivity index (χ3v) is 4.56. The first-order chi connectivity index (χ1) is 13.8. The van der Waals surface area contributed by atoms with Crippen molar-refractivity contribution in [2.75, 3.05) is 24.3 Å². The van der Waals surface area contributed by atoms with E-state index in [2.05, 4.69) is 15.4 Å². The lowest BCUT2D eigenvalue weighted by atomic mass is 10.2. The molecule has 9 heteroatoms. The van der Waals surface area contributed by atoms with E-state index in [1.165, 1.54) is 10.5 Å². The number of benzene rings is 2. The Bertz CT molecular complexity index is 1310.